The lowest BCUT2D eigenvalue weighted by molar-refractivity contribution is -0.137. The molecule has 0 aliphatic rings. The van der Waals surface area contributed by atoms with Gasteiger partial charge in [-0.1, -0.05) is 39.7 Å². The fraction of sp³-hybridized carbons (Fsp3) is 0.143. The zero-order valence-corrected chi connectivity index (χ0v) is 14.5. The van der Waals surface area contributed by atoms with Gasteiger partial charge in [0.15, 0.2) is 0 Å². The lowest BCUT2D eigenvalue weighted by Crippen LogP contribution is -2.23. The maximum Gasteiger partial charge on any atom is 0.417 e. The van der Waals surface area contributed by atoms with Gasteiger partial charge >= 0.3 is 6.18 Å². The summed E-state index contributed by atoms with van der Waals surface area (Å²) in [5.74, 6) is 0. The van der Waals surface area contributed by atoms with E-state index in [2.05, 4.69) is 20.7 Å². The van der Waals surface area contributed by atoms with E-state index in [-0.39, 0.29) is 17.0 Å². The molecule has 0 saturated carbocycles. The van der Waals surface area contributed by atoms with Gasteiger partial charge in [-0.15, -0.1) is 0 Å². The van der Waals surface area contributed by atoms with Gasteiger partial charge < -0.3 is 0 Å². The molecule has 2 aromatic carbocycles. The van der Waals surface area contributed by atoms with E-state index < -0.39 is 26.8 Å². The SMILES string of the molecule is O=S(=O)(NCc1ccc(Cl)c(C(F)(F)F)c1)c1cccc(Br)c1. The molecule has 9 heteroatoms. The van der Waals surface area contributed by atoms with E-state index in [1.54, 1.807) is 12.1 Å². The van der Waals surface area contributed by atoms with E-state index in [0.29, 0.717) is 4.47 Å². The lowest BCUT2D eigenvalue weighted by atomic mass is 10.1. The number of alkyl halides is 3. The molecule has 0 heterocycles. The quantitative estimate of drug-likeness (QED) is 0.774. The minimum atomic E-state index is -4.60. The molecule has 0 aliphatic heterocycles. The molecule has 0 saturated heterocycles. The van der Waals surface area contributed by atoms with Crippen molar-refractivity contribution < 1.29 is 21.6 Å². The largest absolute Gasteiger partial charge is 0.417 e. The van der Waals surface area contributed by atoms with Crippen LogP contribution in [-0.4, -0.2) is 8.42 Å². The first-order valence-corrected chi connectivity index (χ1v) is 8.86. The first-order chi connectivity index (χ1) is 10.6. The summed E-state index contributed by atoms with van der Waals surface area (Å²) in [5, 5.41) is -0.434. The second-order valence-corrected chi connectivity index (χ2v) is 7.68. The summed E-state index contributed by atoms with van der Waals surface area (Å²) in [5.41, 5.74) is -0.849. The van der Waals surface area contributed by atoms with Gasteiger partial charge in [0.2, 0.25) is 10.0 Å². The average Bonchev–Trinajstić information content (AvgIpc) is 2.45. The lowest BCUT2D eigenvalue weighted by Gasteiger charge is -2.12. The van der Waals surface area contributed by atoms with Crippen LogP contribution in [0, 0.1) is 0 Å². The van der Waals surface area contributed by atoms with E-state index in [1.807, 2.05) is 0 Å². The Balaban J connectivity index is 2.21. The van der Waals surface area contributed by atoms with E-state index in [4.69, 9.17) is 11.6 Å². The minimum absolute atomic E-state index is 0.0110. The fourth-order valence-electron chi connectivity index (χ4n) is 1.80. The monoisotopic (exact) mass is 427 g/mol. The second-order valence-electron chi connectivity index (χ2n) is 4.59. The van der Waals surface area contributed by atoms with Crippen molar-refractivity contribution in [1.29, 1.82) is 0 Å². The topological polar surface area (TPSA) is 46.2 Å². The number of sulfonamides is 1. The summed E-state index contributed by atoms with van der Waals surface area (Å²) in [6.45, 7) is -0.283. The van der Waals surface area contributed by atoms with Crippen LogP contribution < -0.4 is 4.72 Å². The molecule has 0 bridgehead atoms. The Bertz CT molecular complexity index is 825. The van der Waals surface area contributed by atoms with Gasteiger partial charge in [-0.05, 0) is 35.9 Å². The van der Waals surface area contributed by atoms with Crippen LogP contribution in [-0.2, 0) is 22.7 Å². The number of rotatable bonds is 4. The molecule has 0 atom stereocenters. The van der Waals surface area contributed by atoms with Crippen molar-refractivity contribution in [3.63, 3.8) is 0 Å². The van der Waals surface area contributed by atoms with Crippen LogP contribution in [0.5, 0.6) is 0 Å². The predicted octanol–water partition coefficient (Wildman–Crippen LogP) is 4.60. The van der Waals surface area contributed by atoms with Crippen molar-refractivity contribution in [2.45, 2.75) is 17.6 Å². The van der Waals surface area contributed by atoms with Crippen molar-refractivity contribution >= 4 is 37.6 Å². The molecule has 2 rings (SSSR count). The zero-order valence-electron chi connectivity index (χ0n) is 11.4. The molecule has 0 unspecified atom stereocenters. The van der Waals surface area contributed by atoms with Gasteiger partial charge in [0, 0.05) is 11.0 Å². The Morgan fingerprint density at radius 2 is 1.83 bits per heavy atom. The van der Waals surface area contributed by atoms with E-state index in [9.17, 15) is 21.6 Å². The van der Waals surface area contributed by atoms with E-state index >= 15 is 0 Å². The third kappa shape index (κ3) is 4.69. The van der Waals surface area contributed by atoms with Gasteiger partial charge in [0.25, 0.3) is 0 Å². The molecule has 1 N–H and O–H groups in total. The van der Waals surface area contributed by atoms with Crippen molar-refractivity contribution in [1.82, 2.24) is 4.72 Å². The summed E-state index contributed by atoms with van der Waals surface area (Å²) in [6.07, 6.45) is -4.60. The summed E-state index contributed by atoms with van der Waals surface area (Å²) in [6, 6.07) is 9.23. The first-order valence-electron chi connectivity index (χ1n) is 6.20. The molecular weight excluding hydrogens is 419 g/mol. The third-order valence-corrected chi connectivity index (χ3v) is 5.13. The summed E-state index contributed by atoms with van der Waals surface area (Å²) < 4.78 is 65.4. The Labute approximate surface area is 144 Å². The highest BCUT2D eigenvalue weighted by molar-refractivity contribution is 9.10. The molecule has 0 amide bonds. The maximum absolute atomic E-state index is 12.8. The van der Waals surface area contributed by atoms with Crippen LogP contribution in [0.15, 0.2) is 51.8 Å². The fourth-order valence-corrected chi connectivity index (χ4v) is 3.63. The standard InChI is InChI=1S/C14H10BrClF3NO2S/c15-10-2-1-3-11(7-10)23(21,22)20-8-9-4-5-13(16)12(6-9)14(17,18)19/h1-7,20H,8H2. The maximum atomic E-state index is 12.8. The van der Waals surface area contributed by atoms with Crippen LogP contribution in [0.25, 0.3) is 0 Å². The molecule has 2 aromatic rings. The van der Waals surface area contributed by atoms with Crippen LogP contribution in [0.3, 0.4) is 0 Å². The Morgan fingerprint density at radius 3 is 2.43 bits per heavy atom. The molecular formula is C14H10BrClF3NO2S. The number of nitrogens with one attached hydrogen (secondary N) is 1. The Morgan fingerprint density at radius 1 is 1.13 bits per heavy atom. The molecule has 0 aliphatic carbocycles. The number of hydrogen-bond acceptors (Lipinski definition) is 2. The highest BCUT2D eigenvalue weighted by Gasteiger charge is 2.33. The number of benzene rings is 2. The third-order valence-electron chi connectivity index (χ3n) is 2.91. The summed E-state index contributed by atoms with van der Waals surface area (Å²) in [7, 11) is -3.83. The zero-order chi connectivity index (χ0) is 17.3. The van der Waals surface area contributed by atoms with Crippen LogP contribution >= 0.6 is 27.5 Å². The summed E-state index contributed by atoms with van der Waals surface area (Å²) >= 11 is 8.68. The highest BCUT2D eigenvalue weighted by atomic mass is 79.9. The van der Waals surface area contributed by atoms with E-state index in [1.165, 1.54) is 18.2 Å². The Kier molecular flexibility index (Phi) is 5.40. The van der Waals surface area contributed by atoms with Crippen molar-refractivity contribution in [2.75, 3.05) is 0 Å². The minimum Gasteiger partial charge on any atom is -0.207 e. The van der Waals surface area contributed by atoms with Crippen LogP contribution in [0.1, 0.15) is 11.1 Å². The first kappa shape index (κ1) is 18.3. The molecule has 23 heavy (non-hydrogen) atoms. The molecule has 3 nitrogen and oxygen atoms in total. The highest BCUT2D eigenvalue weighted by Crippen LogP contribution is 2.35. The van der Waals surface area contributed by atoms with Gasteiger partial charge in [0.05, 0.1) is 15.5 Å². The van der Waals surface area contributed by atoms with Gasteiger partial charge in [0.1, 0.15) is 0 Å². The predicted molar refractivity (Wildman–Crippen MR) is 84.6 cm³/mol. The summed E-state index contributed by atoms with van der Waals surface area (Å²) in [4.78, 5) is 0.0110. The number of halogens is 5. The van der Waals surface area contributed by atoms with E-state index in [0.717, 1.165) is 12.1 Å². The second kappa shape index (κ2) is 6.80. The van der Waals surface area contributed by atoms with Gasteiger partial charge in [-0.25, -0.2) is 13.1 Å². The number of hydrogen-bond donors (Lipinski definition) is 1. The van der Waals surface area contributed by atoms with Crippen molar-refractivity contribution in [3.05, 3.63) is 63.1 Å². The molecule has 124 valence electrons. The molecule has 0 fully saturated rings. The van der Waals surface area contributed by atoms with Crippen LogP contribution in [0.4, 0.5) is 13.2 Å². The van der Waals surface area contributed by atoms with Crippen molar-refractivity contribution in [3.8, 4) is 0 Å². The van der Waals surface area contributed by atoms with Crippen molar-refractivity contribution in [2.24, 2.45) is 0 Å². The van der Waals surface area contributed by atoms with Gasteiger partial charge in [-0.2, -0.15) is 13.2 Å². The van der Waals surface area contributed by atoms with Gasteiger partial charge in [-0.3, -0.25) is 0 Å². The smallest absolute Gasteiger partial charge is 0.207 e. The normalized spacial score (nSPS) is 12.4. The Hall–Kier alpha value is -1.09. The molecule has 0 aromatic heterocycles. The molecule has 0 radical (unpaired) electrons. The van der Waals surface area contributed by atoms with Crippen LogP contribution in [0.2, 0.25) is 5.02 Å². The average molecular weight is 429 g/mol. The molecule has 0 spiro atoms.